The molecule has 1 N–H and O–H groups in total. The van der Waals surface area contributed by atoms with Crippen molar-refractivity contribution in [3.63, 3.8) is 0 Å². The molecule has 0 aromatic rings. The molecule has 1 saturated heterocycles. The summed E-state index contributed by atoms with van der Waals surface area (Å²) in [5.41, 5.74) is 3.83. The van der Waals surface area contributed by atoms with Crippen LogP contribution in [0.5, 0.6) is 0 Å². The number of aliphatic imine (C=N–C) groups is 1. The third-order valence-corrected chi connectivity index (χ3v) is 4.80. The molecule has 0 spiro atoms. The third-order valence-electron chi connectivity index (χ3n) is 4.80. The summed E-state index contributed by atoms with van der Waals surface area (Å²) in [5, 5.41) is 3.56. The van der Waals surface area contributed by atoms with Gasteiger partial charge in [0.2, 0.25) is 0 Å². The largest absolute Gasteiger partial charge is 0.304 e. The van der Waals surface area contributed by atoms with Gasteiger partial charge in [-0.05, 0) is 39.8 Å². The first-order valence-corrected chi connectivity index (χ1v) is 9.16. The van der Waals surface area contributed by atoms with E-state index in [1.54, 1.807) is 0 Å². The van der Waals surface area contributed by atoms with E-state index in [4.69, 9.17) is 0 Å². The number of hydrogen-bond acceptors (Lipinski definition) is 4. The molecule has 0 bridgehead atoms. The molecule has 2 heterocycles. The summed E-state index contributed by atoms with van der Waals surface area (Å²) in [6.45, 7) is 15.5. The van der Waals surface area contributed by atoms with E-state index in [1.165, 1.54) is 24.1 Å². The van der Waals surface area contributed by atoms with E-state index in [0.29, 0.717) is 6.04 Å². The average molecular weight is 319 g/mol. The number of hydrogen-bond donors (Lipinski definition) is 1. The fourth-order valence-corrected chi connectivity index (χ4v) is 3.31. The number of nitrogens with zero attached hydrogens (tertiary/aromatic N) is 3. The van der Waals surface area contributed by atoms with Gasteiger partial charge in [-0.15, -0.1) is 0 Å². The Kier molecular flexibility index (Phi) is 7.47. The molecule has 1 fully saturated rings. The van der Waals surface area contributed by atoms with Gasteiger partial charge in [-0.3, -0.25) is 14.8 Å². The van der Waals surface area contributed by atoms with Crippen LogP contribution in [-0.2, 0) is 0 Å². The Morgan fingerprint density at radius 2 is 1.91 bits per heavy atom. The van der Waals surface area contributed by atoms with Crippen LogP contribution < -0.4 is 5.32 Å². The van der Waals surface area contributed by atoms with Gasteiger partial charge in [0.05, 0.1) is 6.04 Å². The second-order valence-electron chi connectivity index (χ2n) is 6.92. The van der Waals surface area contributed by atoms with Crippen LogP contribution in [0.25, 0.3) is 0 Å². The average Bonchev–Trinajstić information content (AvgIpc) is 2.54. The SMILES string of the molecule is CCCCNCN1CCN(C2/C=C(/C)N=C(C)C/C=C/2C)CC1. The maximum atomic E-state index is 4.67. The summed E-state index contributed by atoms with van der Waals surface area (Å²) in [6.07, 6.45) is 8.21. The van der Waals surface area contributed by atoms with Crippen molar-refractivity contribution in [2.75, 3.05) is 39.4 Å². The van der Waals surface area contributed by atoms with Crippen molar-refractivity contribution in [2.45, 2.75) is 53.0 Å². The highest BCUT2D eigenvalue weighted by Gasteiger charge is 2.24. The van der Waals surface area contributed by atoms with Gasteiger partial charge in [0.1, 0.15) is 0 Å². The lowest BCUT2D eigenvalue weighted by Crippen LogP contribution is -2.52. The van der Waals surface area contributed by atoms with E-state index in [2.05, 4.69) is 60.0 Å². The number of allylic oxidation sites excluding steroid dienone is 2. The summed E-state index contributed by atoms with van der Waals surface area (Å²) >= 11 is 0. The second-order valence-corrected chi connectivity index (χ2v) is 6.92. The van der Waals surface area contributed by atoms with Crippen molar-refractivity contribution in [3.8, 4) is 0 Å². The maximum Gasteiger partial charge on any atom is 0.0509 e. The van der Waals surface area contributed by atoms with Crippen LogP contribution in [0.3, 0.4) is 0 Å². The van der Waals surface area contributed by atoms with Crippen molar-refractivity contribution in [2.24, 2.45) is 4.99 Å². The first kappa shape index (κ1) is 18.4. The third kappa shape index (κ3) is 5.87. The fourth-order valence-electron chi connectivity index (χ4n) is 3.31. The monoisotopic (exact) mass is 318 g/mol. The van der Waals surface area contributed by atoms with Crippen molar-refractivity contribution in [3.05, 3.63) is 23.4 Å². The van der Waals surface area contributed by atoms with E-state index in [-0.39, 0.29) is 0 Å². The quantitative estimate of drug-likeness (QED) is 0.603. The lowest BCUT2D eigenvalue weighted by molar-refractivity contribution is 0.115. The minimum Gasteiger partial charge on any atom is -0.304 e. The highest BCUT2D eigenvalue weighted by molar-refractivity contribution is 5.84. The van der Waals surface area contributed by atoms with E-state index < -0.39 is 0 Å². The summed E-state index contributed by atoms with van der Waals surface area (Å²) in [5.74, 6) is 0. The Bertz CT molecular complexity index is 456. The van der Waals surface area contributed by atoms with Crippen molar-refractivity contribution in [1.29, 1.82) is 0 Å². The zero-order valence-corrected chi connectivity index (χ0v) is 15.4. The van der Waals surface area contributed by atoms with E-state index >= 15 is 0 Å². The molecule has 0 amide bonds. The van der Waals surface area contributed by atoms with Crippen LogP contribution in [0.4, 0.5) is 0 Å². The zero-order valence-electron chi connectivity index (χ0n) is 15.4. The van der Waals surface area contributed by atoms with Crippen LogP contribution in [0.1, 0.15) is 47.0 Å². The number of nitrogens with one attached hydrogen (secondary N) is 1. The van der Waals surface area contributed by atoms with Crippen LogP contribution in [0.2, 0.25) is 0 Å². The molecule has 1 atom stereocenters. The van der Waals surface area contributed by atoms with E-state index in [0.717, 1.165) is 51.5 Å². The van der Waals surface area contributed by atoms with Crippen LogP contribution in [0, 0.1) is 0 Å². The van der Waals surface area contributed by atoms with E-state index in [9.17, 15) is 0 Å². The molecule has 0 saturated carbocycles. The molecule has 130 valence electrons. The molecule has 0 aromatic heterocycles. The number of unbranched alkanes of at least 4 members (excludes halogenated alkanes) is 1. The van der Waals surface area contributed by atoms with Gasteiger partial charge in [-0.1, -0.05) is 25.0 Å². The molecule has 0 aliphatic carbocycles. The van der Waals surface area contributed by atoms with Crippen molar-refractivity contribution >= 4 is 5.71 Å². The van der Waals surface area contributed by atoms with Gasteiger partial charge >= 0.3 is 0 Å². The Morgan fingerprint density at radius 1 is 1.17 bits per heavy atom. The molecule has 0 radical (unpaired) electrons. The highest BCUT2D eigenvalue weighted by atomic mass is 15.3. The normalized spacial score (nSPS) is 29.0. The van der Waals surface area contributed by atoms with Crippen molar-refractivity contribution < 1.29 is 0 Å². The lowest BCUT2D eigenvalue weighted by Gasteiger charge is -2.39. The summed E-state index contributed by atoms with van der Waals surface area (Å²) < 4.78 is 0. The molecule has 2 aliphatic heterocycles. The van der Waals surface area contributed by atoms with Crippen LogP contribution in [0.15, 0.2) is 28.4 Å². The molecular weight excluding hydrogens is 284 g/mol. The first-order valence-electron chi connectivity index (χ1n) is 9.16. The minimum atomic E-state index is 0.419. The predicted molar refractivity (Wildman–Crippen MR) is 100.0 cm³/mol. The minimum absolute atomic E-state index is 0.419. The van der Waals surface area contributed by atoms with Gasteiger partial charge in [-0.2, -0.15) is 0 Å². The topological polar surface area (TPSA) is 30.9 Å². The lowest BCUT2D eigenvalue weighted by atomic mass is 10.0. The fraction of sp³-hybridized carbons (Fsp3) is 0.737. The molecular formula is C19H34N4. The summed E-state index contributed by atoms with van der Waals surface area (Å²) in [4.78, 5) is 9.81. The second kappa shape index (κ2) is 9.36. The summed E-state index contributed by atoms with van der Waals surface area (Å²) in [6, 6.07) is 0.419. The summed E-state index contributed by atoms with van der Waals surface area (Å²) in [7, 11) is 0. The highest BCUT2D eigenvalue weighted by Crippen LogP contribution is 2.19. The van der Waals surface area contributed by atoms with Gasteiger partial charge in [-0.25, -0.2) is 0 Å². The van der Waals surface area contributed by atoms with Crippen LogP contribution >= 0.6 is 0 Å². The van der Waals surface area contributed by atoms with Crippen LogP contribution in [-0.4, -0.2) is 60.9 Å². The van der Waals surface area contributed by atoms with Crippen molar-refractivity contribution in [1.82, 2.24) is 15.1 Å². The molecule has 1 unspecified atom stereocenters. The van der Waals surface area contributed by atoms with Gasteiger partial charge < -0.3 is 5.32 Å². The Balaban J connectivity index is 1.87. The molecule has 2 rings (SSSR count). The molecule has 4 nitrogen and oxygen atoms in total. The molecule has 2 aliphatic rings. The smallest absolute Gasteiger partial charge is 0.0509 e. The van der Waals surface area contributed by atoms with E-state index in [1.807, 2.05) is 0 Å². The van der Waals surface area contributed by atoms with Gasteiger partial charge in [0.15, 0.2) is 0 Å². The molecule has 0 aromatic carbocycles. The molecule has 4 heteroatoms. The van der Waals surface area contributed by atoms with Gasteiger partial charge in [0.25, 0.3) is 0 Å². The Labute approximate surface area is 142 Å². The maximum absolute atomic E-state index is 4.67. The Hall–Kier alpha value is -0.970. The number of rotatable bonds is 6. The van der Waals surface area contributed by atoms with Gasteiger partial charge in [0, 0.05) is 50.7 Å². The molecule has 23 heavy (non-hydrogen) atoms. The first-order chi connectivity index (χ1) is 11.1. The predicted octanol–water partition coefficient (Wildman–Crippen LogP) is 3.03. The zero-order chi connectivity index (χ0) is 16.7. The Morgan fingerprint density at radius 3 is 2.61 bits per heavy atom. The number of piperazine rings is 1. The standard InChI is InChI=1S/C19H34N4/c1-5-6-9-20-15-22-10-12-23(13-11-22)19-14-18(4)21-17(3)8-7-16(19)2/h7,14,19-20H,5-6,8-13,15H2,1-4H3/b16-7+,18-14-,21-17?.